The summed E-state index contributed by atoms with van der Waals surface area (Å²) in [6.45, 7) is 4.29. The van der Waals surface area contributed by atoms with Crippen molar-refractivity contribution in [3.8, 4) is 5.75 Å². The summed E-state index contributed by atoms with van der Waals surface area (Å²) in [5.41, 5.74) is 2.08. The first kappa shape index (κ1) is 22.2. The molecule has 2 amide bonds. The summed E-state index contributed by atoms with van der Waals surface area (Å²) in [6.07, 6.45) is 0.756. The molecule has 0 saturated carbocycles. The third kappa shape index (κ3) is 4.35. The molecule has 1 heterocycles. The number of rotatable bonds is 7. The van der Waals surface area contributed by atoms with E-state index in [1.165, 1.54) is 6.07 Å². The van der Waals surface area contributed by atoms with Crippen molar-refractivity contribution in [3.63, 3.8) is 0 Å². The molecule has 0 bridgehead atoms. The van der Waals surface area contributed by atoms with Crippen molar-refractivity contribution >= 4 is 28.8 Å². The van der Waals surface area contributed by atoms with Gasteiger partial charge in [0, 0.05) is 11.8 Å². The summed E-state index contributed by atoms with van der Waals surface area (Å²) in [5.74, 6) is -2.83. The molecule has 7 heteroatoms. The second kappa shape index (κ2) is 9.24. The number of aryl methyl sites for hydroxylation is 1. The van der Waals surface area contributed by atoms with Gasteiger partial charge in [0.05, 0.1) is 17.9 Å². The van der Waals surface area contributed by atoms with E-state index in [-0.39, 0.29) is 17.0 Å². The van der Waals surface area contributed by atoms with Gasteiger partial charge >= 0.3 is 0 Å². The molecule has 0 radical (unpaired) electrons. The Morgan fingerprint density at radius 1 is 0.909 bits per heavy atom. The van der Waals surface area contributed by atoms with Gasteiger partial charge in [0.25, 0.3) is 11.8 Å². The number of carbonyl (C=O) groups excluding carboxylic acids is 2. The number of imide groups is 1. The predicted molar refractivity (Wildman–Crippen MR) is 123 cm³/mol. The third-order valence-corrected chi connectivity index (χ3v) is 5.18. The second-order valence-electron chi connectivity index (χ2n) is 7.63. The van der Waals surface area contributed by atoms with Crippen LogP contribution in [0.5, 0.6) is 5.75 Å². The molecule has 1 N–H and O–H groups in total. The van der Waals surface area contributed by atoms with E-state index in [9.17, 15) is 18.4 Å². The lowest BCUT2D eigenvalue weighted by Crippen LogP contribution is -2.32. The average molecular weight is 448 g/mol. The summed E-state index contributed by atoms with van der Waals surface area (Å²) < 4.78 is 33.0. The summed E-state index contributed by atoms with van der Waals surface area (Å²) in [4.78, 5) is 28.1. The molecule has 3 aromatic rings. The van der Waals surface area contributed by atoms with Crippen LogP contribution < -0.4 is 15.0 Å². The van der Waals surface area contributed by atoms with Crippen LogP contribution in [0.2, 0.25) is 0 Å². The highest BCUT2D eigenvalue weighted by molar-refractivity contribution is 6.46. The summed E-state index contributed by atoms with van der Waals surface area (Å²) in [6, 6.07) is 17.1. The van der Waals surface area contributed by atoms with Crippen LogP contribution in [-0.2, 0) is 9.59 Å². The maximum atomic E-state index is 13.8. The van der Waals surface area contributed by atoms with Gasteiger partial charge in [-0.25, -0.2) is 13.7 Å². The largest absolute Gasteiger partial charge is 0.491 e. The Labute approximate surface area is 190 Å². The molecular formula is C26H22F2N2O3. The van der Waals surface area contributed by atoms with Crippen molar-refractivity contribution in [1.82, 2.24) is 0 Å². The van der Waals surface area contributed by atoms with Crippen LogP contribution in [-0.4, -0.2) is 18.4 Å². The van der Waals surface area contributed by atoms with Crippen LogP contribution >= 0.6 is 0 Å². The second-order valence-corrected chi connectivity index (χ2v) is 7.63. The highest BCUT2D eigenvalue weighted by Crippen LogP contribution is 2.38. The number of amides is 2. The molecule has 1 aliphatic rings. The molecule has 1 aliphatic heterocycles. The van der Waals surface area contributed by atoms with E-state index in [4.69, 9.17) is 4.74 Å². The molecule has 33 heavy (non-hydrogen) atoms. The number of benzene rings is 3. The molecule has 5 nitrogen and oxygen atoms in total. The molecule has 4 rings (SSSR count). The van der Waals surface area contributed by atoms with E-state index >= 15 is 0 Å². The molecule has 3 aromatic carbocycles. The minimum atomic E-state index is -1.07. The predicted octanol–water partition coefficient (Wildman–Crippen LogP) is 5.46. The lowest BCUT2D eigenvalue weighted by molar-refractivity contribution is -0.120. The molecule has 0 unspecified atom stereocenters. The first-order chi connectivity index (χ1) is 15.9. The van der Waals surface area contributed by atoms with Crippen molar-refractivity contribution in [2.45, 2.75) is 20.3 Å². The lowest BCUT2D eigenvalue weighted by Gasteiger charge is -2.19. The average Bonchev–Trinajstić information content (AvgIpc) is 3.05. The van der Waals surface area contributed by atoms with Crippen LogP contribution in [0.4, 0.5) is 20.2 Å². The van der Waals surface area contributed by atoms with E-state index in [1.807, 2.05) is 26.0 Å². The fourth-order valence-corrected chi connectivity index (χ4v) is 3.55. The van der Waals surface area contributed by atoms with E-state index in [0.29, 0.717) is 23.6 Å². The number of halogens is 2. The Bertz CT molecular complexity index is 1250. The molecule has 0 saturated heterocycles. The normalized spacial score (nSPS) is 13.6. The zero-order valence-electron chi connectivity index (χ0n) is 18.2. The molecule has 168 valence electrons. The van der Waals surface area contributed by atoms with Crippen LogP contribution in [0.15, 0.2) is 72.4 Å². The summed E-state index contributed by atoms with van der Waals surface area (Å²) >= 11 is 0. The fourth-order valence-electron chi connectivity index (χ4n) is 3.55. The van der Waals surface area contributed by atoms with E-state index in [2.05, 4.69) is 5.32 Å². The topological polar surface area (TPSA) is 58.6 Å². The Morgan fingerprint density at radius 2 is 1.64 bits per heavy atom. The van der Waals surface area contributed by atoms with Gasteiger partial charge in [0.1, 0.15) is 11.4 Å². The number of nitrogens with zero attached hydrogens (tertiary/aromatic N) is 1. The molecule has 0 aliphatic carbocycles. The Balaban J connectivity index is 1.81. The van der Waals surface area contributed by atoms with Crippen LogP contribution in [0.1, 0.15) is 24.5 Å². The molecule has 0 aromatic heterocycles. The van der Waals surface area contributed by atoms with Gasteiger partial charge in [-0.3, -0.25) is 9.59 Å². The van der Waals surface area contributed by atoms with Crippen molar-refractivity contribution in [2.24, 2.45) is 0 Å². The zero-order valence-corrected chi connectivity index (χ0v) is 18.2. The van der Waals surface area contributed by atoms with E-state index in [1.54, 1.807) is 36.4 Å². The number of anilines is 2. The number of hydrogen-bond donors (Lipinski definition) is 1. The quantitative estimate of drug-likeness (QED) is 0.488. The smallest absolute Gasteiger partial charge is 0.282 e. The van der Waals surface area contributed by atoms with Gasteiger partial charge in [-0.15, -0.1) is 0 Å². The summed E-state index contributed by atoms with van der Waals surface area (Å²) in [7, 11) is 0. The van der Waals surface area contributed by atoms with Crippen molar-refractivity contribution in [2.75, 3.05) is 16.8 Å². The number of hydrogen-bond acceptors (Lipinski definition) is 4. The SMILES string of the molecule is CCCOc1ccccc1N1C(=O)C(Nc2ccc(F)c(F)c2)=C(c2ccc(C)cc2)C1=O. The Kier molecular flexibility index (Phi) is 6.22. The van der Waals surface area contributed by atoms with Crippen LogP contribution in [0, 0.1) is 18.6 Å². The van der Waals surface area contributed by atoms with Gasteiger partial charge in [-0.2, -0.15) is 0 Å². The third-order valence-electron chi connectivity index (χ3n) is 5.18. The van der Waals surface area contributed by atoms with Crippen LogP contribution in [0.25, 0.3) is 5.57 Å². The lowest BCUT2D eigenvalue weighted by atomic mass is 10.0. The first-order valence-electron chi connectivity index (χ1n) is 10.5. The fraction of sp³-hybridized carbons (Fsp3) is 0.154. The van der Waals surface area contributed by atoms with Gasteiger partial charge in [-0.1, -0.05) is 48.9 Å². The van der Waals surface area contributed by atoms with Crippen molar-refractivity contribution in [1.29, 1.82) is 0 Å². The monoisotopic (exact) mass is 448 g/mol. The van der Waals surface area contributed by atoms with Crippen molar-refractivity contribution in [3.05, 3.63) is 95.2 Å². The zero-order chi connectivity index (χ0) is 23.5. The minimum absolute atomic E-state index is 0.0276. The summed E-state index contributed by atoms with van der Waals surface area (Å²) in [5, 5.41) is 2.83. The maximum absolute atomic E-state index is 13.8. The molecule has 0 spiro atoms. The number of carbonyl (C=O) groups is 2. The van der Waals surface area contributed by atoms with Crippen LogP contribution in [0.3, 0.4) is 0 Å². The molecule has 0 fully saturated rings. The molecular weight excluding hydrogens is 426 g/mol. The number of para-hydroxylation sites is 2. The van der Waals surface area contributed by atoms with Gasteiger partial charge in [-0.05, 0) is 43.2 Å². The minimum Gasteiger partial charge on any atom is -0.491 e. The highest BCUT2D eigenvalue weighted by Gasteiger charge is 2.41. The van der Waals surface area contributed by atoms with E-state index in [0.717, 1.165) is 29.0 Å². The molecule has 0 atom stereocenters. The number of ether oxygens (including phenoxy) is 1. The highest BCUT2D eigenvalue weighted by atomic mass is 19.2. The van der Waals surface area contributed by atoms with Gasteiger partial charge in [0.2, 0.25) is 0 Å². The number of nitrogens with one attached hydrogen (secondary N) is 1. The van der Waals surface area contributed by atoms with Gasteiger partial charge < -0.3 is 10.1 Å². The van der Waals surface area contributed by atoms with E-state index < -0.39 is 23.4 Å². The Morgan fingerprint density at radius 3 is 2.33 bits per heavy atom. The maximum Gasteiger partial charge on any atom is 0.282 e. The van der Waals surface area contributed by atoms with Crippen molar-refractivity contribution < 1.29 is 23.1 Å². The first-order valence-corrected chi connectivity index (χ1v) is 10.5. The Hall–Kier alpha value is -4.00. The standard InChI is InChI=1S/C26H22F2N2O3/c1-3-14-33-22-7-5-4-6-21(22)30-25(31)23(17-10-8-16(2)9-11-17)24(26(30)32)29-18-12-13-19(27)20(28)15-18/h4-13,15,29H,3,14H2,1-2H3. The van der Waals surface area contributed by atoms with Gasteiger partial charge in [0.15, 0.2) is 11.6 Å².